The van der Waals surface area contributed by atoms with Gasteiger partial charge in [-0.15, -0.1) is 0 Å². The topological polar surface area (TPSA) is 62.5 Å². The molecule has 34 heavy (non-hydrogen) atoms. The Morgan fingerprint density at radius 1 is 0.971 bits per heavy atom. The molecule has 0 spiro atoms. The molecule has 4 aromatic rings. The molecule has 5 rings (SSSR count). The van der Waals surface area contributed by atoms with E-state index in [4.69, 9.17) is 9.40 Å². The summed E-state index contributed by atoms with van der Waals surface area (Å²) in [5.74, 6) is 1.54. The third-order valence-electron chi connectivity index (χ3n) is 5.90. The number of amides is 1. The molecule has 1 amide bonds. The average Bonchev–Trinajstić information content (AvgIpc) is 3.38. The number of rotatable bonds is 3. The zero-order chi connectivity index (χ0) is 23.9. The molecule has 3 heterocycles. The highest BCUT2D eigenvalue weighted by atomic mass is 19.4. The molecule has 0 aliphatic carbocycles. The Hall–Kier alpha value is -3.88. The normalized spacial score (nSPS) is 14.6. The van der Waals surface area contributed by atoms with Gasteiger partial charge in [0.25, 0.3) is 5.91 Å². The molecule has 0 N–H and O–H groups in total. The van der Waals surface area contributed by atoms with Gasteiger partial charge in [0.05, 0.1) is 17.3 Å². The van der Waals surface area contributed by atoms with Gasteiger partial charge in [-0.1, -0.05) is 11.6 Å². The van der Waals surface area contributed by atoms with Crippen molar-refractivity contribution in [3.8, 4) is 11.6 Å². The van der Waals surface area contributed by atoms with E-state index in [1.807, 2.05) is 25.1 Å². The van der Waals surface area contributed by atoms with Gasteiger partial charge in [0.15, 0.2) is 11.6 Å². The number of aryl methyl sites for hydroxylation is 1. The van der Waals surface area contributed by atoms with Crippen LogP contribution >= 0.6 is 0 Å². The maximum Gasteiger partial charge on any atom is 0.416 e. The van der Waals surface area contributed by atoms with Gasteiger partial charge in [-0.05, 0) is 55.5 Å². The maximum absolute atomic E-state index is 12.9. The molecule has 6 nitrogen and oxygen atoms in total. The number of carbonyl (C=O) groups is 1. The number of nitrogens with zero attached hydrogens (tertiary/aromatic N) is 4. The SMILES string of the molecule is Cc1ccc2nc(-c3ccco3)nc(N3CCN(C(=O)c4ccc(C(F)(F)F)cc4)CC3)c2c1. The molecule has 0 bridgehead atoms. The van der Waals surface area contributed by atoms with Crippen LogP contribution in [0.2, 0.25) is 0 Å². The van der Waals surface area contributed by atoms with Crippen LogP contribution in [-0.2, 0) is 6.18 Å². The number of alkyl halides is 3. The number of fused-ring (bicyclic) bond motifs is 1. The van der Waals surface area contributed by atoms with Crippen molar-refractivity contribution in [3.05, 3.63) is 77.6 Å². The summed E-state index contributed by atoms with van der Waals surface area (Å²) in [7, 11) is 0. The molecule has 174 valence electrons. The predicted molar refractivity (Wildman–Crippen MR) is 122 cm³/mol. The second-order valence-electron chi connectivity index (χ2n) is 8.22. The number of aromatic nitrogens is 2. The van der Waals surface area contributed by atoms with Crippen LogP contribution in [0.3, 0.4) is 0 Å². The highest BCUT2D eigenvalue weighted by molar-refractivity contribution is 5.95. The second-order valence-corrected chi connectivity index (χ2v) is 8.22. The van der Waals surface area contributed by atoms with Crippen molar-refractivity contribution in [2.24, 2.45) is 0 Å². The summed E-state index contributed by atoms with van der Waals surface area (Å²) in [6.07, 6.45) is -2.86. The summed E-state index contributed by atoms with van der Waals surface area (Å²) in [5.41, 5.74) is 1.35. The Labute approximate surface area is 193 Å². The Morgan fingerprint density at radius 3 is 2.35 bits per heavy atom. The highest BCUT2D eigenvalue weighted by Crippen LogP contribution is 2.31. The van der Waals surface area contributed by atoms with Crippen molar-refractivity contribution in [2.75, 3.05) is 31.1 Å². The van der Waals surface area contributed by atoms with Gasteiger partial charge in [0.2, 0.25) is 0 Å². The van der Waals surface area contributed by atoms with Crippen LogP contribution in [0.4, 0.5) is 19.0 Å². The van der Waals surface area contributed by atoms with Gasteiger partial charge < -0.3 is 14.2 Å². The molecule has 0 radical (unpaired) electrons. The van der Waals surface area contributed by atoms with Crippen molar-refractivity contribution in [1.82, 2.24) is 14.9 Å². The van der Waals surface area contributed by atoms with E-state index in [9.17, 15) is 18.0 Å². The van der Waals surface area contributed by atoms with Crippen LogP contribution in [0.1, 0.15) is 21.5 Å². The first-order valence-electron chi connectivity index (χ1n) is 10.8. The number of carbonyl (C=O) groups excluding carboxylic acids is 1. The molecule has 1 saturated heterocycles. The molecular formula is C25H21F3N4O2. The quantitative estimate of drug-likeness (QED) is 0.416. The van der Waals surface area contributed by atoms with Gasteiger partial charge in [-0.25, -0.2) is 9.97 Å². The molecule has 2 aromatic heterocycles. The van der Waals surface area contributed by atoms with Crippen LogP contribution in [0, 0.1) is 6.92 Å². The third-order valence-corrected chi connectivity index (χ3v) is 5.90. The number of benzene rings is 2. The van der Waals surface area contributed by atoms with Crippen LogP contribution in [0.15, 0.2) is 65.3 Å². The van der Waals surface area contributed by atoms with Crippen molar-refractivity contribution < 1.29 is 22.4 Å². The van der Waals surface area contributed by atoms with Crippen molar-refractivity contribution in [1.29, 1.82) is 0 Å². The van der Waals surface area contributed by atoms with E-state index >= 15 is 0 Å². The number of halogens is 3. The maximum atomic E-state index is 12.9. The lowest BCUT2D eigenvalue weighted by Crippen LogP contribution is -2.49. The van der Waals surface area contributed by atoms with E-state index in [2.05, 4.69) is 9.88 Å². The lowest BCUT2D eigenvalue weighted by molar-refractivity contribution is -0.137. The first kappa shape index (κ1) is 21.9. The monoisotopic (exact) mass is 466 g/mol. The largest absolute Gasteiger partial charge is 0.461 e. The first-order valence-corrected chi connectivity index (χ1v) is 10.8. The Balaban J connectivity index is 1.38. The van der Waals surface area contributed by atoms with E-state index in [0.717, 1.165) is 34.4 Å². The van der Waals surface area contributed by atoms with Crippen molar-refractivity contribution in [2.45, 2.75) is 13.1 Å². The van der Waals surface area contributed by atoms with Crippen LogP contribution < -0.4 is 4.90 Å². The predicted octanol–water partition coefficient (Wildman–Crippen LogP) is 5.18. The number of anilines is 1. The summed E-state index contributed by atoms with van der Waals surface area (Å²) in [4.78, 5) is 26.0. The fraction of sp³-hybridized carbons (Fsp3) is 0.240. The first-order chi connectivity index (χ1) is 16.3. The van der Waals surface area contributed by atoms with Crippen LogP contribution in [-0.4, -0.2) is 47.0 Å². The van der Waals surface area contributed by atoms with Crippen molar-refractivity contribution >= 4 is 22.6 Å². The van der Waals surface area contributed by atoms with E-state index in [1.165, 1.54) is 12.1 Å². The lowest BCUT2D eigenvalue weighted by atomic mass is 10.1. The highest BCUT2D eigenvalue weighted by Gasteiger charge is 2.31. The fourth-order valence-corrected chi connectivity index (χ4v) is 4.09. The Bertz CT molecular complexity index is 1330. The minimum atomic E-state index is -4.43. The number of furan rings is 1. The minimum absolute atomic E-state index is 0.240. The third kappa shape index (κ3) is 4.21. The number of hydrogen-bond donors (Lipinski definition) is 0. The second kappa shape index (κ2) is 8.48. The van der Waals surface area contributed by atoms with E-state index in [1.54, 1.807) is 23.3 Å². The number of piperazine rings is 1. The van der Waals surface area contributed by atoms with E-state index in [0.29, 0.717) is 37.8 Å². The summed E-state index contributed by atoms with van der Waals surface area (Å²) in [6, 6.07) is 13.9. The summed E-state index contributed by atoms with van der Waals surface area (Å²) >= 11 is 0. The van der Waals surface area contributed by atoms with Gasteiger partial charge in [-0.2, -0.15) is 13.2 Å². The van der Waals surface area contributed by atoms with Gasteiger partial charge in [0.1, 0.15) is 5.82 Å². The summed E-state index contributed by atoms with van der Waals surface area (Å²) in [5, 5.41) is 0.915. The minimum Gasteiger partial charge on any atom is -0.461 e. The zero-order valence-electron chi connectivity index (χ0n) is 18.3. The molecule has 2 aromatic carbocycles. The van der Waals surface area contributed by atoms with Gasteiger partial charge in [0, 0.05) is 37.1 Å². The smallest absolute Gasteiger partial charge is 0.416 e. The fourth-order valence-electron chi connectivity index (χ4n) is 4.09. The molecule has 0 unspecified atom stereocenters. The molecule has 1 aliphatic rings. The van der Waals surface area contributed by atoms with E-state index < -0.39 is 11.7 Å². The Morgan fingerprint density at radius 2 is 1.71 bits per heavy atom. The van der Waals surface area contributed by atoms with Crippen LogP contribution in [0.25, 0.3) is 22.5 Å². The van der Waals surface area contributed by atoms with Gasteiger partial charge in [-0.3, -0.25) is 4.79 Å². The molecular weight excluding hydrogens is 445 g/mol. The zero-order valence-corrected chi connectivity index (χ0v) is 18.3. The van der Waals surface area contributed by atoms with E-state index in [-0.39, 0.29) is 11.5 Å². The van der Waals surface area contributed by atoms with Crippen molar-refractivity contribution in [3.63, 3.8) is 0 Å². The van der Waals surface area contributed by atoms with Crippen LogP contribution in [0.5, 0.6) is 0 Å². The molecule has 1 aliphatic heterocycles. The summed E-state index contributed by atoms with van der Waals surface area (Å²) < 4.78 is 43.9. The lowest BCUT2D eigenvalue weighted by Gasteiger charge is -2.36. The Kier molecular flexibility index (Phi) is 5.47. The average molecular weight is 466 g/mol. The molecule has 0 atom stereocenters. The molecule has 1 fully saturated rings. The number of hydrogen-bond acceptors (Lipinski definition) is 5. The molecule has 0 saturated carbocycles. The molecule has 9 heteroatoms. The summed E-state index contributed by atoms with van der Waals surface area (Å²) in [6.45, 7) is 3.92. The standard InChI is InChI=1S/C25H21F3N4O2/c1-16-4-9-20-19(15-16)23(30-22(29-20)21-3-2-14-34-21)31-10-12-32(13-11-31)24(33)17-5-7-18(8-6-17)25(26,27)28/h2-9,14-15H,10-13H2,1H3. The van der Waals surface area contributed by atoms with Gasteiger partial charge >= 0.3 is 6.18 Å².